The molecule has 1 aromatic heterocycles. The van der Waals surface area contributed by atoms with Crippen molar-refractivity contribution in [1.82, 2.24) is 9.97 Å². The van der Waals surface area contributed by atoms with E-state index in [2.05, 4.69) is 20.2 Å². The maximum absolute atomic E-state index is 12.3. The van der Waals surface area contributed by atoms with Crippen LogP contribution in [0.5, 0.6) is 0 Å². The van der Waals surface area contributed by atoms with E-state index in [4.69, 9.17) is 0 Å². The molecule has 1 saturated heterocycles. The molecule has 1 amide bonds. The van der Waals surface area contributed by atoms with E-state index in [0.29, 0.717) is 5.82 Å². The standard InChI is InChI=1S/C16H17N5O3/c22-16(12-6-2-3-7-13(12)21(23)24)19-14-10-15(18-11-17-14)20-8-4-1-5-9-20/h2-3,6-7,10-11H,1,4-5,8-9H2,(H,17,18,19,22). The number of amides is 1. The van der Waals surface area contributed by atoms with Gasteiger partial charge in [0.05, 0.1) is 4.92 Å². The molecule has 0 unspecified atom stereocenters. The van der Waals surface area contributed by atoms with E-state index in [0.717, 1.165) is 31.7 Å². The molecule has 1 aliphatic rings. The summed E-state index contributed by atoms with van der Waals surface area (Å²) in [5.41, 5.74) is -0.235. The summed E-state index contributed by atoms with van der Waals surface area (Å²) in [6.07, 6.45) is 4.83. The van der Waals surface area contributed by atoms with Crippen LogP contribution in [0.3, 0.4) is 0 Å². The third-order valence-electron chi connectivity index (χ3n) is 3.92. The second-order valence-electron chi connectivity index (χ2n) is 5.54. The molecule has 0 aliphatic carbocycles. The van der Waals surface area contributed by atoms with Crippen LogP contribution >= 0.6 is 0 Å². The number of nitrogens with zero attached hydrogens (tertiary/aromatic N) is 4. The van der Waals surface area contributed by atoms with Gasteiger partial charge in [-0.05, 0) is 25.3 Å². The van der Waals surface area contributed by atoms with Gasteiger partial charge >= 0.3 is 0 Å². The lowest BCUT2D eigenvalue weighted by atomic mass is 10.1. The molecule has 3 rings (SSSR count). The Balaban J connectivity index is 1.79. The highest BCUT2D eigenvalue weighted by Gasteiger charge is 2.20. The monoisotopic (exact) mass is 327 g/mol. The van der Waals surface area contributed by atoms with Crippen LogP contribution in [0.25, 0.3) is 0 Å². The molecular weight excluding hydrogens is 310 g/mol. The summed E-state index contributed by atoms with van der Waals surface area (Å²) in [6.45, 7) is 1.85. The minimum absolute atomic E-state index is 0.000588. The Hall–Kier alpha value is -3.03. The molecule has 24 heavy (non-hydrogen) atoms. The van der Waals surface area contributed by atoms with Gasteiger partial charge in [-0.3, -0.25) is 14.9 Å². The lowest BCUT2D eigenvalue weighted by Gasteiger charge is -2.27. The molecule has 0 saturated carbocycles. The van der Waals surface area contributed by atoms with Gasteiger partial charge in [-0.1, -0.05) is 12.1 Å². The molecule has 124 valence electrons. The van der Waals surface area contributed by atoms with Crippen LogP contribution in [-0.4, -0.2) is 33.9 Å². The number of rotatable bonds is 4. The second kappa shape index (κ2) is 7.03. The van der Waals surface area contributed by atoms with E-state index in [1.807, 2.05) is 0 Å². The van der Waals surface area contributed by atoms with Crippen LogP contribution in [0.4, 0.5) is 17.3 Å². The van der Waals surface area contributed by atoms with Crippen molar-refractivity contribution < 1.29 is 9.72 Å². The molecule has 1 fully saturated rings. The first-order chi connectivity index (χ1) is 11.6. The normalized spacial score (nSPS) is 14.2. The number of piperidine rings is 1. The number of nitro groups is 1. The molecule has 8 nitrogen and oxygen atoms in total. The third kappa shape index (κ3) is 3.48. The number of carbonyl (C=O) groups is 1. The largest absolute Gasteiger partial charge is 0.356 e. The molecule has 1 N–H and O–H groups in total. The van der Waals surface area contributed by atoms with E-state index in [-0.39, 0.29) is 11.3 Å². The van der Waals surface area contributed by atoms with E-state index in [1.54, 1.807) is 12.1 Å². The Kier molecular flexibility index (Phi) is 4.64. The Morgan fingerprint density at radius 1 is 1.17 bits per heavy atom. The quantitative estimate of drug-likeness (QED) is 0.684. The average Bonchev–Trinajstić information content (AvgIpc) is 2.62. The minimum Gasteiger partial charge on any atom is -0.356 e. The number of carbonyl (C=O) groups excluding carboxylic acids is 1. The predicted octanol–water partition coefficient (Wildman–Crippen LogP) is 2.63. The SMILES string of the molecule is O=C(Nc1cc(N2CCCCC2)ncn1)c1ccccc1[N+](=O)[O-]. The first-order valence-electron chi connectivity index (χ1n) is 7.77. The third-order valence-corrected chi connectivity index (χ3v) is 3.92. The van der Waals surface area contributed by atoms with Crippen LogP contribution in [0.15, 0.2) is 36.7 Å². The first kappa shape index (κ1) is 15.9. The maximum atomic E-state index is 12.3. The lowest BCUT2D eigenvalue weighted by Crippen LogP contribution is -2.30. The summed E-state index contributed by atoms with van der Waals surface area (Å²) in [5, 5.41) is 13.6. The lowest BCUT2D eigenvalue weighted by molar-refractivity contribution is -0.385. The zero-order chi connectivity index (χ0) is 16.9. The van der Waals surface area contributed by atoms with Crippen molar-refractivity contribution in [3.8, 4) is 0 Å². The van der Waals surface area contributed by atoms with Gasteiger partial charge in [-0.15, -0.1) is 0 Å². The smallest absolute Gasteiger partial charge is 0.282 e. The Morgan fingerprint density at radius 2 is 1.92 bits per heavy atom. The highest BCUT2D eigenvalue weighted by atomic mass is 16.6. The van der Waals surface area contributed by atoms with Crippen molar-refractivity contribution in [3.05, 3.63) is 52.3 Å². The zero-order valence-electron chi connectivity index (χ0n) is 13.0. The molecule has 2 heterocycles. The van der Waals surface area contributed by atoms with Gasteiger partial charge in [-0.25, -0.2) is 9.97 Å². The minimum atomic E-state index is -0.575. The van der Waals surface area contributed by atoms with Crippen LogP contribution < -0.4 is 10.2 Å². The van der Waals surface area contributed by atoms with Crippen molar-refractivity contribution in [2.45, 2.75) is 19.3 Å². The molecule has 0 spiro atoms. The van der Waals surface area contributed by atoms with Crippen LogP contribution in [-0.2, 0) is 0 Å². The van der Waals surface area contributed by atoms with E-state index in [1.165, 1.54) is 30.9 Å². The van der Waals surface area contributed by atoms with Gasteiger partial charge in [0.15, 0.2) is 0 Å². The molecule has 0 bridgehead atoms. The molecule has 2 aromatic rings. The predicted molar refractivity (Wildman–Crippen MR) is 89.1 cm³/mol. The second-order valence-corrected chi connectivity index (χ2v) is 5.54. The summed E-state index contributed by atoms with van der Waals surface area (Å²) in [7, 11) is 0. The van der Waals surface area contributed by atoms with Crippen molar-refractivity contribution in [1.29, 1.82) is 0 Å². The van der Waals surface area contributed by atoms with Gasteiger partial charge < -0.3 is 10.2 Å². The fourth-order valence-electron chi connectivity index (χ4n) is 2.72. The van der Waals surface area contributed by atoms with E-state index in [9.17, 15) is 14.9 Å². The summed E-state index contributed by atoms with van der Waals surface area (Å²) < 4.78 is 0. The first-order valence-corrected chi connectivity index (χ1v) is 7.77. The number of nitro benzene ring substituents is 1. The summed E-state index contributed by atoms with van der Waals surface area (Å²) in [4.78, 5) is 33.2. The fraction of sp³-hybridized carbons (Fsp3) is 0.312. The van der Waals surface area contributed by atoms with Crippen molar-refractivity contribution in [2.75, 3.05) is 23.3 Å². The Morgan fingerprint density at radius 3 is 2.67 bits per heavy atom. The number of benzene rings is 1. The molecular formula is C16H17N5O3. The molecule has 1 aliphatic heterocycles. The maximum Gasteiger partial charge on any atom is 0.282 e. The van der Waals surface area contributed by atoms with Gasteiger partial charge in [0, 0.05) is 25.2 Å². The molecule has 1 aromatic carbocycles. The van der Waals surface area contributed by atoms with Gasteiger partial charge in [-0.2, -0.15) is 0 Å². The fourth-order valence-corrected chi connectivity index (χ4v) is 2.72. The van der Waals surface area contributed by atoms with E-state index >= 15 is 0 Å². The topological polar surface area (TPSA) is 101 Å². The van der Waals surface area contributed by atoms with Crippen molar-refractivity contribution in [2.24, 2.45) is 0 Å². The highest BCUT2D eigenvalue weighted by Crippen LogP contribution is 2.21. The Bertz CT molecular complexity index is 759. The van der Waals surface area contributed by atoms with Gasteiger partial charge in [0.2, 0.25) is 0 Å². The number of hydrogen-bond acceptors (Lipinski definition) is 6. The highest BCUT2D eigenvalue weighted by molar-refractivity contribution is 6.06. The van der Waals surface area contributed by atoms with E-state index < -0.39 is 10.8 Å². The summed E-state index contributed by atoms with van der Waals surface area (Å²) in [6, 6.07) is 7.52. The van der Waals surface area contributed by atoms with Crippen LogP contribution in [0.2, 0.25) is 0 Å². The number of para-hydroxylation sites is 1. The van der Waals surface area contributed by atoms with Crippen LogP contribution in [0, 0.1) is 10.1 Å². The summed E-state index contributed by atoms with van der Waals surface area (Å²) in [5.74, 6) is 0.516. The molecule has 8 heteroatoms. The average molecular weight is 327 g/mol. The number of hydrogen-bond donors (Lipinski definition) is 1. The molecule has 0 radical (unpaired) electrons. The van der Waals surface area contributed by atoms with Crippen LogP contribution in [0.1, 0.15) is 29.6 Å². The molecule has 0 atom stereocenters. The van der Waals surface area contributed by atoms with Crippen molar-refractivity contribution in [3.63, 3.8) is 0 Å². The van der Waals surface area contributed by atoms with Gasteiger partial charge in [0.1, 0.15) is 23.5 Å². The van der Waals surface area contributed by atoms with Gasteiger partial charge in [0.25, 0.3) is 11.6 Å². The zero-order valence-corrected chi connectivity index (χ0v) is 13.0. The van der Waals surface area contributed by atoms with Crippen molar-refractivity contribution >= 4 is 23.2 Å². The number of aromatic nitrogens is 2. The number of anilines is 2. The Labute approximate surface area is 138 Å². The number of nitrogens with one attached hydrogen (secondary N) is 1. The summed E-state index contributed by atoms with van der Waals surface area (Å²) >= 11 is 0.